The molecule has 1 aliphatic heterocycles. The summed E-state index contributed by atoms with van der Waals surface area (Å²) in [7, 11) is 3.67. The molecule has 0 radical (unpaired) electrons. The molecule has 0 spiro atoms. The number of carbonyl (C=O) groups excluding carboxylic acids is 2. The van der Waals surface area contributed by atoms with Gasteiger partial charge in [-0.2, -0.15) is 0 Å². The van der Waals surface area contributed by atoms with E-state index >= 15 is 0 Å². The van der Waals surface area contributed by atoms with Gasteiger partial charge in [0.2, 0.25) is 5.91 Å². The number of likely N-dealkylation sites (N-methyl/N-ethyl adjacent to an activating group) is 1. The van der Waals surface area contributed by atoms with E-state index in [1.807, 2.05) is 43.3 Å². The number of likely N-dealkylation sites (tertiary alicyclic amines) is 1. The van der Waals surface area contributed by atoms with E-state index < -0.39 is 18.1 Å². The number of nitrogens with one attached hydrogen (secondary N) is 1. The number of alkyl carbamates (subject to hydrolysis) is 1. The van der Waals surface area contributed by atoms with Crippen LogP contribution in [0, 0.1) is 5.92 Å². The summed E-state index contributed by atoms with van der Waals surface area (Å²) >= 11 is 0. The van der Waals surface area contributed by atoms with Gasteiger partial charge >= 0.3 is 12.1 Å². The highest BCUT2D eigenvalue weighted by atomic mass is 16.5. The molecule has 2 aliphatic rings. The molecule has 2 atom stereocenters. The fourth-order valence-corrected chi connectivity index (χ4v) is 5.23. The van der Waals surface area contributed by atoms with Gasteiger partial charge in [-0.15, -0.1) is 0 Å². The van der Waals surface area contributed by atoms with Crippen molar-refractivity contribution in [1.82, 2.24) is 15.1 Å². The number of aliphatic carboxylic acids is 1. The smallest absolute Gasteiger partial charge is 0.407 e. The Hall–Kier alpha value is -3.39. The third-order valence-corrected chi connectivity index (χ3v) is 6.78. The number of nitrogens with zero attached hydrogens (tertiary/aromatic N) is 2. The number of fused-ring (bicyclic) bond motifs is 3. The summed E-state index contributed by atoms with van der Waals surface area (Å²) in [4.78, 5) is 40.7. The Balaban J connectivity index is 1.40. The maximum Gasteiger partial charge on any atom is 0.407 e. The normalized spacial score (nSPS) is 18.0. The minimum atomic E-state index is -0.856. The van der Waals surface area contributed by atoms with E-state index in [-0.39, 0.29) is 30.8 Å². The Kier molecular flexibility index (Phi) is 7.70. The van der Waals surface area contributed by atoms with Crippen LogP contribution < -0.4 is 5.32 Å². The third-order valence-electron chi connectivity index (χ3n) is 6.78. The highest BCUT2D eigenvalue weighted by molar-refractivity contribution is 5.86. The molecule has 8 nitrogen and oxygen atoms in total. The van der Waals surface area contributed by atoms with Crippen molar-refractivity contribution in [2.24, 2.45) is 5.92 Å². The first-order chi connectivity index (χ1) is 16.8. The lowest BCUT2D eigenvalue weighted by molar-refractivity contribution is -0.141. The molecule has 2 N–H and O–H groups in total. The van der Waals surface area contributed by atoms with Gasteiger partial charge in [-0.25, -0.2) is 4.79 Å². The van der Waals surface area contributed by atoms with Crippen LogP contribution in [-0.2, 0) is 14.3 Å². The Bertz CT molecular complexity index is 1040. The molecule has 0 bridgehead atoms. The second-order valence-electron chi connectivity index (χ2n) is 9.68. The van der Waals surface area contributed by atoms with E-state index in [2.05, 4.69) is 29.6 Å². The monoisotopic (exact) mass is 479 g/mol. The standard InChI is InChI=1S/C27H33N3O5/c1-29(2)16-24(26(33)30-13-7-8-18(15-30)14-25(31)32)28-27(34)35-17-23-21-11-5-3-9-19(21)20-10-4-6-12-22(20)23/h3-6,9-12,18,23-24H,7-8,13-17H2,1-2H3,(H,28,34)(H,31,32). The molecule has 2 unspecified atom stereocenters. The van der Waals surface area contributed by atoms with Crippen molar-refractivity contribution in [2.75, 3.05) is 40.3 Å². The number of carbonyl (C=O) groups is 3. The lowest BCUT2D eigenvalue weighted by Gasteiger charge is -2.35. The number of carboxylic acids is 1. The van der Waals surface area contributed by atoms with Gasteiger partial charge < -0.3 is 25.0 Å². The molecule has 186 valence electrons. The maximum atomic E-state index is 13.3. The second-order valence-corrected chi connectivity index (χ2v) is 9.68. The highest BCUT2D eigenvalue weighted by Crippen LogP contribution is 2.44. The van der Waals surface area contributed by atoms with E-state index in [0.717, 1.165) is 35.1 Å². The van der Waals surface area contributed by atoms with Gasteiger partial charge in [-0.05, 0) is 55.1 Å². The van der Waals surface area contributed by atoms with Crippen molar-refractivity contribution < 1.29 is 24.2 Å². The lowest BCUT2D eigenvalue weighted by atomic mass is 9.94. The highest BCUT2D eigenvalue weighted by Gasteiger charge is 2.33. The van der Waals surface area contributed by atoms with E-state index in [9.17, 15) is 14.4 Å². The topological polar surface area (TPSA) is 99.2 Å². The largest absolute Gasteiger partial charge is 0.481 e. The number of carboxylic acid groups (broad SMARTS) is 1. The molecule has 1 heterocycles. The molecule has 2 amide bonds. The second kappa shape index (κ2) is 10.9. The van der Waals surface area contributed by atoms with E-state index in [1.165, 1.54) is 0 Å². The summed E-state index contributed by atoms with van der Waals surface area (Å²) in [6.07, 6.45) is 0.950. The molecular weight excluding hydrogens is 446 g/mol. The van der Waals surface area contributed by atoms with Gasteiger partial charge in [0.1, 0.15) is 12.6 Å². The molecule has 2 aromatic rings. The van der Waals surface area contributed by atoms with Crippen LogP contribution in [0.15, 0.2) is 48.5 Å². The molecule has 4 rings (SSSR count). The molecule has 0 saturated carbocycles. The van der Waals surface area contributed by atoms with Gasteiger partial charge in [0.15, 0.2) is 0 Å². The molecule has 2 aromatic carbocycles. The summed E-state index contributed by atoms with van der Waals surface area (Å²) in [6, 6.07) is 15.5. The van der Waals surface area contributed by atoms with Crippen LogP contribution in [0.3, 0.4) is 0 Å². The van der Waals surface area contributed by atoms with Crippen molar-refractivity contribution >= 4 is 18.0 Å². The van der Waals surface area contributed by atoms with Crippen LogP contribution in [0.1, 0.15) is 36.3 Å². The van der Waals surface area contributed by atoms with Crippen molar-refractivity contribution in [3.05, 3.63) is 59.7 Å². The number of benzene rings is 2. The number of piperidine rings is 1. The molecule has 0 aromatic heterocycles. The zero-order chi connectivity index (χ0) is 24.9. The summed E-state index contributed by atoms with van der Waals surface area (Å²) < 4.78 is 5.65. The van der Waals surface area contributed by atoms with Gasteiger partial charge in [-0.1, -0.05) is 48.5 Å². The molecule has 1 aliphatic carbocycles. The first kappa shape index (κ1) is 24.7. The molecule has 35 heavy (non-hydrogen) atoms. The fraction of sp³-hybridized carbons (Fsp3) is 0.444. The van der Waals surface area contributed by atoms with Crippen molar-refractivity contribution in [2.45, 2.75) is 31.2 Å². The van der Waals surface area contributed by atoms with Crippen molar-refractivity contribution in [1.29, 1.82) is 0 Å². The Labute approximate surface area is 205 Å². The first-order valence-electron chi connectivity index (χ1n) is 12.1. The molecule has 8 heteroatoms. The Morgan fingerprint density at radius 2 is 1.71 bits per heavy atom. The number of hydrogen-bond donors (Lipinski definition) is 2. The van der Waals surface area contributed by atoms with Gasteiger partial charge in [-0.3, -0.25) is 9.59 Å². The fourth-order valence-electron chi connectivity index (χ4n) is 5.23. The molecular formula is C27H33N3O5. The van der Waals surface area contributed by atoms with E-state index in [4.69, 9.17) is 9.84 Å². The van der Waals surface area contributed by atoms with Crippen LogP contribution in [0.2, 0.25) is 0 Å². The van der Waals surface area contributed by atoms with E-state index in [0.29, 0.717) is 19.6 Å². The number of amides is 2. The average molecular weight is 480 g/mol. The zero-order valence-corrected chi connectivity index (χ0v) is 20.3. The third kappa shape index (κ3) is 5.82. The maximum absolute atomic E-state index is 13.3. The summed E-state index contributed by atoms with van der Waals surface area (Å²) in [5.74, 6) is -1.19. The van der Waals surface area contributed by atoms with Crippen LogP contribution in [0.4, 0.5) is 4.79 Å². The van der Waals surface area contributed by atoms with Gasteiger partial charge in [0, 0.05) is 32.0 Å². The summed E-state index contributed by atoms with van der Waals surface area (Å²) in [5.41, 5.74) is 4.55. The van der Waals surface area contributed by atoms with E-state index in [1.54, 1.807) is 4.90 Å². The van der Waals surface area contributed by atoms with Crippen molar-refractivity contribution in [3.63, 3.8) is 0 Å². The van der Waals surface area contributed by atoms with Crippen molar-refractivity contribution in [3.8, 4) is 11.1 Å². The lowest BCUT2D eigenvalue weighted by Crippen LogP contribution is -2.55. The molecule has 1 saturated heterocycles. The Morgan fingerprint density at radius 3 is 2.31 bits per heavy atom. The quantitative estimate of drug-likeness (QED) is 0.604. The summed E-state index contributed by atoms with van der Waals surface area (Å²) in [6.45, 7) is 1.45. The van der Waals surface area contributed by atoms with Crippen LogP contribution in [0.25, 0.3) is 11.1 Å². The zero-order valence-electron chi connectivity index (χ0n) is 20.3. The predicted octanol–water partition coefficient (Wildman–Crippen LogP) is 3.17. The van der Waals surface area contributed by atoms with Crippen LogP contribution in [-0.4, -0.2) is 79.3 Å². The minimum Gasteiger partial charge on any atom is -0.481 e. The average Bonchev–Trinajstić information content (AvgIpc) is 3.15. The van der Waals surface area contributed by atoms with Crippen LogP contribution in [0.5, 0.6) is 0 Å². The molecule has 1 fully saturated rings. The minimum absolute atomic E-state index is 0.0436. The predicted molar refractivity (Wildman–Crippen MR) is 132 cm³/mol. The number of ether oxygens (including phenoxy) is 1. The van der Waals surface area contributed by atoms with Gasteiger partial charge in [0.05, 0.1) is 0 Å². The number of hydrogen-bond acceptors (Lipinski definition) is 5. The Morgan fingerprint density at radius 1 is 1.09 bits per heavy atom. The first-order valence-corrected chi connectivity index (χ1v) is 12.1. The van der Waals surface area contributed by atoms with Crippen LogP contribution >= 0.6 is 0 Å². The van der Waals surface area contributed by atoms with Gasteiger partial charge in [0.25, 0.3) is 0 Å². The summed E-state index contributed by atoms with van der Waals surface area (Å²) in [5, 5.41) is 11.9. The SMILES string of the molecule is CN(C)CC(NC(=O)OCC1c2ccccc2-c2ccccc21)C(=O)N1CCCC(CC(=O)O)C1. The number of rotatable bonds is 8.